The minimum absolute atomic E-state index is 0.245. The molecule has 4 nitrogen and oxygen atoms in total. The van der Waals surface area contributed by atoms with E-state index in [-0.39, 0.29) is 12.7 Å². The first kappa shape index (κ1) is 15.7. The predicted molar refractivity (Wildman–Crippen MR) is 74.5 cm³/mol. The molecule has 106 valence electrons. The maximum absolute atomic E-state index is 11.8. The average Bonchev–Trinajstić information content (AvgIpc) is 2.45. The van der Waals surface area contributed by atoms with E-state index in [2.05, 4.69) is 6.92 Å². The number of rotatable bonds is 8. The summed E-state index contributed by atoms with van der Waals surface area (Å²) in [5, 5.41) is 0. The largest absolute Gasteiger partial charge is 0.460 e. The first-order valence-electron chi connectivity index (χ1n) is 6.73. The highest BCUT2D eigenvalue weighted by atomic mass is 16.5. The van der Waals surface area contributed by atoms with E-state index in [1.165, 1.54) is 0 Å². The van der Waals surface area contributed by atoms with Crippen LogP contribution in [0.2, 0.25) is 0 Å². The van der Waals surface area contributed by atoms with Crippen molar-refractivity contribution in [1.29, 1.82) is 0 Å². The first-order valence-corrected chi connectivity index (χ1v) is 6.73. The molecule has 0 saturated carbocycles. The van der Waals surface area contributed by atoms with Crippen LogP contribution in [-0.4, -0.2) is 24.7 Å². The van der Waals surface area contributed by atoms with E-state index in [1.807, 2.05) is 30.3 Å². The summed E-state index contributed by atoms with van der Waals surface area (Å²) < 4.78 is 10.7. The maximum atomic E-state index is 11.8. The molecule has 0 aliphatic rings. The highest BCUT2D eigenvalue weighted by Gasteiger charge is 2.22. The second-order valence-electron chi connectivity index (χ2n) is 4.55. The van der Waals surface area contributed by atoms with E-state index in [1.54, 1.807) is 6.92 Å². The fraction of sp³-hybridized carbons (Fsp3) is 0.533. The van der Waals surface area contributed by atoms with Crippen LogP contribution in [0.25, 0.3) is 0 Å². The van der Waals surface area contributed by atoms with Crippen LogP contribution in [0.3, 0.4) is 0 Å². The molecule has 1 rings (SSSR count). The Morgan fingerprint density at radius 2 is 2.00 bits per heavy atom. The lowest BCUT2D eigenvalue weighted by Crippen LogP contribution is -2.43. The molecule has 2 N–H and O–H groups in total. The molecule has 0 spiro atoms. The van der Waals surface area contributed by atoms with E-state index >= 15 is 0 Å². The Morgan fingerprint density at radius 3 is 2.63 bits per heavy atom. The summed E-state index contributed by atoms with van der Waals surface area (Å²) in [6.07, 6.45) is 1.70. The molecule has 0 aromatic heterocycles. The summed E-state index contributed by atoms with van der Waals surface area (Å²) in [5.74, 6) is -0.423. The van der Waals surface area contributed by atoms with Gasteiger partial charge in [0.2, 0.25) is 0 Å². The van der Waals surface area contributed by atoms with Gasteiger partial charge in [0.15, 0.2) is 0 Å². The first-order chi connectivity index (χ1) is 9.15. The standard InChI is InChI=1S/C15H23NO3/c1-3-4-10-18-12(2)14(16)15(17)19-11-13-8-6-5-7-9-13/h5-9,12,14H,3-4,10-11,16H2,1-2H3. The van der Waals surface area contributed by atoms with Gasteiger partial charge in [-0.3, -0.25) is 4.79 Å². The molecule has 1 aromatic rings. The topological polar surface area (TPSA) is 61.5 Å². The van der Waals surface area contributed by atoms with Gasteiger partial charge in [-0.05, 0) is 18.9 Å². The molecule has 0 heterocycles. The van der Waals surface area contributed by atoms with E-state index in [4.69, 9.17) is 15.2 Å². The zero-order chi connectivity index (χ0) is 14.1. The number of hydrogen-bond donors (Lipinski definition) is 1. The molecule has 4 heteroatoms. The van der Waals surface area contributed by atoms with Crippen molar-refractivity contribution in [2.75, 3.05) is 6.61 Å². The van der Waals surface area contributed by atoms with E-state index in [9.17, 15) is 4.79 Å². The van der Waals surface area contributed by atoms with Crippen molar-refractivity contribution in [3.63, 3.8) is 0 Å². The lowest BCUT2D eigenvalue weighted by atomic mass is 10.2. The average molecular weight is 265 g/mol. The molecule has 2 atom stereocenters. The highest BCUT2D eigenvalue weighted by Crippen LogP contribution is 2.05. The molecule has 0 aliphatic heterocycles. The van der Waals surface area contributed by atoms with Crippen molar-refractivity contribution >= 4 is 5.97 Å². The Kier molecular flexibility index (Phi) is 7.15. The Morgan fingerprint density at radius 1 is 1.32 bits per heavy atom. The molecule has 1 aromatic carbocycles. The van der Waals surface area contributed by atoms with E-state index < -0.39 is 12.0 Å². The number of carbonyl (C=O) groups excluding carboxylic acids is 1. The third kappa shape index (κ3) is 5.85. The summed E-state index contributed by atoms with van der Waals surface area (Å²) in [4.78, 5) is 11.8. The van der Waals surface area contributed by atoms with E-state index in [0.29, 0.717) is 6.61 Å². The molecular weight excluding hydrogens is 242 g/mol. The molecule has 0 aliphatic carbocycles. The van der Waals surface area contributed by atoms with Crippen LogP contribution in [0.1, 0.15) is 32.3 Å². The van der Waals surface area contributed by atoms with Gasteiger partial charge in [-0.25, -0.2) is 0 Å². The third-order valence-electron chi connectivity index (χ3n) is 2.88. The van der Waals surface area contributed by atoms with Crippen LogP contribution in [-0.2, 0) is 20.9 Å². The fourth-order valence-electron chi connectivity index (χ4n) is 1.53. The summed E-state index contributed by atoms with van der Waals surface area (Å²) >= 11 is 0. The number of ether oxygens (including phenoxy) is 2. The number of esters is 1. The quantitative estimate of drug-likeness (QED) is 0.578. The number of benzene rings is 1. The van der Waals surface area contributed by atoms with Gasteiger partial charge in [0.1, 0.15) is 12.6 Å². The monoisotopic (exact) mass is 265 g/mol. The molecular formula is C15H23NO3. The summed E-state index contributed by atoms with van der Waals surface area (Å²) in [7, 11) is 0. The van der Waals surface area contributed by atoms with Crippen molar-refractivity contribution in [2.24, 2.45) is 5.73 Å². The second kappa shape index (κ2) is 8.67. The molecule has 0 radical (unpaired) electrons. The third-order valence-corrected chi connectivity index (χ3v) is 2.88. The molecule has 2 unspecified atom stereocenters. The van der Waals surface area contributed by atoms with Gasteiger partial charge in [0, 0.05) is 6.61 Å². The fourth-order valence-corrected chi connectivity index (χ4v) is 1.53. The number of nitrogens with two attached hydrogens (primary N) is 1. The zero-order valence-electron chi connectivity index (χ0n) is 11.7. The van der Waals surface area contributed by atoms with Crippen LogP contribution in [0.5, 0.6) is 0 Å². The Hall–Kier alpha value is -1.39. The second-order valence-corrected chi connectivity index (χ2v) is 4.55. The number of unbranched alkanes of at least 4 members (excludes halogenated alkanes) is 1. The molecule has 0 fully saturated rings. The van der Waals surface area contributed by atoms with Gasteiger partial charge in [0.05, 0.1) is 6.10 Å². The number of carbonyl (C=O) groups is 1. The number of hydrogen-bond acceptors (Lipinski definition) is 4. The lowest BCUT2D eigenvalue weighted by molar-refractivity contribution is -0.150. The van der Waals surface area contributed by atoms with Crippen LogP contribution >= 0.6 is 0 Å². The maximum Gasteiger partial charge on any atom is 0.325 e. The van der Waals surface area contributed by atoms with Crippen LogP contribution in [0.4, 0.5) is 0 Å². The van der Waals surface area contributed by atoms with Crippen molar-refractivity contribution in [3.05, 3.63) is 35.9 Å². The normalized spacial score (nSPS) is 13.8. The predicted octanol–water partition coefficient (Wildman–Crippen LogP) is 2.26. The van der Waals surface area contributed by atoms with Crippen LogP contribution in [0, 0.1) is 0 Å². The van der Waals surface area contributed by atoms with Gasteiger partial charge in [-0.15, -0.1) is 0 Å². The van der Waals surface area contributed by atoms with Gasteiger partial charge in [-0.1, -0.05) is 43.7 Å². The van der Waals surface area contributed by atoms with Gasteiger partial charge in [-0.2, -0.15) is 0 Å². The van der Waals surface area contributed by atoms with Crippen molar-refractivity contribution < 1.29 is 14.3 Å². The Balaban J connectivity index is 2.31. The Labute approximate surface area is 114 Å². The molecule has 0 amide bonds. The Bertz CT molecular complexity index is 367. The van der Waals surface area contributed by atoms with Gasteiger partial charge < -0.3 is 15.2 Å². The van der Waals surface area contributed by atoms with E-state index in [0.717, 1.165) is 18.4 Å². The van der Waals surface area contributed by atoms with Crippen LogP contribution in [0.15, 0.2) is 30.3 Å². The lowest BCUT2D eigenvalue weighted by Gasteiger charge is -2.19. The summed E-state index contributed by atoms with van der Waals surface area (Å²) in [5.41, 5.74) is 6.75. The highest BCUT2D eigenvalue weighted by molar-refractivity contribution is 5.76. The molecule has 0 bridgehead atoms. The smallest absolute Gasteiger partial charge is 0.325 e. The zero-order valence-corrected chi connectivity index (χ0v) is 11.7. The molecule has 0 saturated heterocycles. The minimum atomic E-state index is -0.736. The van der Waals surface area contributed by atoms with Crippen molar-refractivity contribution in [3.8, 4) is 0 Å². The van der Waals surface area contributed by atoms with Crippen molar-refractivity contribution in [1.82, 2.24) is 0 Å². The molecule has 19 heavy (non-hydrogen) atoms. The summed E-state index contributed by atoms with van der Waals surface area (Å²) in [6, 6.07) is 8.79. The van der Waals surface area contributed by atoms with Crippen LogP contribution < -0.4 is 5.73 Å². The minimum Gasteiger partial charge on any atom is -0.460 e. The van der Waals surface area contributed by atoms with Gasteiger partial charge in [0.25, 0.3) is 0 Å². The SMILES string of the molecule is CCCCOC(C)C(N)C(=O)OCc1ccccc1. The van der Waals surface area contributed by atoms with Crippen molar-refractivity contribution in [2.45, 2.75) is 45.4 Å². The van der Waals surface area contributed by atoms with Gasteiger partial charge >= 0.3 is 5.97 Å². The summed E-state index contributed by atoms with van der Waals surface area (Å²) in [6.45, 7) is 4.75.